The van der Waals surface area contributed by atoms with Crippen LogP contribution in [0.2, 0.25) is 0 Å². The number of nitrogens with two attached hydrogens (primary N) is 1. The molecule has 0 spiro atoms. The quantitative estimate of drug-likeness (QED) is 0.0777. The molecule has 2 aromatic heterocycles. The molecule has 0 bridgehead atoms. The average molecular weight is 664 g/mol. The van der Waals surface area contributed by atoms with Crippen LogP contribution in [-0.2, 0) is 18.9 Å². The molecule has 2 fully saturated rings. The summed E-state index contributed by atoms with van der Waals surface area (Å²) in [6.45, 7) is 4.74. The van der Waals surface area contributed by atoms with Crippen molar-refractivity contribution < 1.29 is 52.9 Å². The number of aromatic hydroxyl groups is 1. The summed E-state index contributed by atoms with van der Waals surface area (Å²) < 4.78 is 41.1. The number of aryl methyl sites for hydroxylation is 1. The number of phenolic OH excluding ortho intramolecular Hbond substituents is 1. The molecule has 10 atom stereocenters. The number of hydrogen-bond acceptors (Lipinski definition) is 14. The van der Waals surface area contributed by atoms with Crippen molar-refractivity contribution in [1.29, 1.82) is 0 Å². The Morgan fingerprint density at radius 1 is 0.938 bits per heavy atom. The Morgan fingerprint density at radius 2 is 1.65 bits per heavy atom. The molecule has 0 amide bonds. The second-order valence-corrected chi connectivity index (χ2v) is 12.3. The SMILES string of the molecule is C#C[C@]1(O)[C@@H](O)[C@@H](C)O[C@@H](Oc2cccc3c(O)c4c(=O)oc5ccc(C)c6c(=O)oc(c23)c4c56)[C@@H]1O[C@H]1O[C@H](C)[C@H](O)[C@H](OC)[C@H]1N. The highest BCUT2D eigenvalue weighted by atomic mass is 16.7. The van der Waals surface area contributed by atoms with Gasteiger partial charge in [-0.15, -0.1) is 6.42 Å². The lowest BCUT2D eigenvalue weighted by Crippen LogP contribution is -2.70. The Labute approximate surface area is 271 Å². The van der Waals surface area contributed by atoms with E-state index in [0.29, 0.717) is 5.56 Å². The fourth-order valence-corrected chi connectivity index (χ4v) is 6.91. The van der Waals surface area contributed by atoms with Crippen LogP contribution in [0.25, 0.3) is 43.5 Å². The Balaban J connectivity index is 1.42. The molecule has 0 aliphatic carbocycles. The van der Waals surface area contributed by atoms with Crippen molar-refractivity contribution >= 4 is 43.5 Å². The van der Waals surface area contributed by atoms with Gasteiger partial charge in [0.15, 0.2) is 23.6 Å². The molecule has 5 aromatic rings. The third-order valence-corrected chi connectivity index (χ3v) is 9.47. The molecule has 2 aliphatic heterocycles. The van der Waals surface area contributed by atoms with Gasteiger partial charge in [-0.3, -0.25) is 0 Å². The van der Waals surface area contributed by atoms with E-state index in [2.05, 4.69) is 5.92 Å². The van der Waals surface area contributed by atoms with E-state index in [1.165, 1.54) is 32.2 Å². The number of hydrogen-bond donors (Lipinski definition) is 5. The topological polar surface area (TPSA) is 214 Å². The largest absolute Gasteiger partial charge is 0.506 e. The van der Waals surface area contributed by atoms with E-state index in [4.69, 9.17) is 44.7 Å². The maximum Gasteiger partial charge on any atom is 0.348 e. The second kappa shape index (κ2) is 11.4. The number of rotatable bonds is 5. The maximum atomic E-state index is 13.4. The van der Waals surface area contributed by atoms with Crippen molar-refractivity contribution in [2.75, 3.05) is 7.11 Å². The zero-order valence-electron chi connectivity index (χ0n) is 26.2. The van der Waals surface area contributed by atoms with Gasteiger partial charge < -0.3 is 58.7 Å². The molecule has 6 N–H and O–H groups in total. The molecule has 7 rings (SSSR count). The lowest BCUT2D eigenvalue weighted by atomic mass is 9.84. The van der Waals surface area contributed by atoms with Gasteiger partial charge in [0.2, 0.25) is 6.29 Å². The Kier molecular flexibility index (Phi) is 7.66. The fraction of sp³-hybridized carbons (Fsp3) is 0.412. The summed E-state index contributed by atoms with van der Waals surface area (Å²) in [6.07, 6.45) is -4.40. The monoisotopic (exact) mass is 663 g/mol. The zero-order valence-corrected chi connectivity index (χ0v) is 26.2. The standard InChI is InChI=1S/C34H33NO13/c1-6-34(41)28(38)14(4)44-33(29(34)48-32-23(35)27(42-5)24(36)13(3)43-32)46-16-9-7-8-15-19(16)26-21-20-17(45-31(40)22(21)25(15)37)11-10-12(2)18(20)30(39)47-26/h1,7-11,13-14,23-24,27-29,32-33,36-38,41H,35H2,2-5H3/t13-,14-,23-,24+,27-,28+,29+,32-,33+,34+/m1/s1. The molecule has 2 saturated heterocycles. The number of aliphatic hydroxyl groups excluding tert-OH is 2. The van der Waals surface area contributed by atoms with Crippen molar-refractivity contribution in [3.63, 3.8) is 0 Å². The van der Waals surface area contributed by atoms with Crippen molar-refractivity contribution in [2.45, 2.75) is 81.6 Å². The van der Waals surface area contributed by atoms with Crippen LogP contribution in [-0.4, -0.2) is 88.4 Å². The van der Waals surface area contributed by atoms with Crippen molar-refractivity contribution in [3.8, 4) is 23.8 Å². The number of benzene rings is 3. The van der Waals surface area contributed by atoms with Gasteiger partial charge in [0.1, 0.15) is 40.8 Å². The van der Waals surface area contributed by atoms with Crippen LogP contribution in [0.5, 0.6) is 11.5 Å². The summed E-state index contributed by atoms with van der Waals surface area (Å²) >= 11 is 0. The summed E-state index contributed by atoms with van der Waals surface area (Å²) in [6, 6.07) is 6.58. The average Bonchev–Trinajstić information content (AvgIpc) is 3.06. The molecule has 14 nitrogen and oxygen atoms in total. The van der Waals surface area contributed by atoms with Crippen LogP contribution >= 0.6 is 0 Å². The predicted octanol–water partition coefficient (Wildman–Crippen LogP) is 1.34. The van der Waals surface area contributed by atoms with Gasteiger partial charge in [-0.05, 0) is 38.5 Å². The van der Waals surface area contributed by atoms with Gasteiger partial charge in [-0.2, -0.15) is 0 Å². The molecule has 0 unspecified atom stereocenters. The predicted molar refractivity (Wildman–Crippen MR) is 170 cm³/mol. The first-order valence-corrected chi connectivity index (χ1v) is 15.2. The van der Waals surface area contributed by atoms with Gasteiger partial charge in [0.05, 0.1) is 29.0 Å². The molecule has 4 heterocycles. The Bertz CT molecular complexity index is 2220. The smallest absolute Gasteiger partial charge is 0.348 e. The number of ether oxygens (including phenoxy) is 5. The van der Waals surface area contributed by atoms with Crippen LogP contribution in [0, 0.1) is 19.3 Å². The Morgan fingerprint density at radius 3 is 2.35 bits per heavy atom. The highest BCUT2D eigenvalue weighted by Crippen LogP contribution is 2.46. The van der Waals surface area contributed by atoms with Crippen LogP contribution in [0.4, 0.5) is 0 Å². The normalized spacial score (nSPS) is 32.7. The maximum absolute atomic E-state index is 13.4. The number of fused-ring (bicyclic) bond motifs is 2. The summed E-state index contributed by atoms with van der Waals surface area (Å²) in [5, 5.41) is 45.3. The molecule has 48 heavy (non-hydrogen) atoms. The van der Waals surface area contributed by atoms with Gasteiger partial charge in [-0.25, -0.2) is 9.59 Å². The lowest BCUT2D eigenvalue weighted by molar-refractivity contribution is -0.349. The molecule has 252 valence electrons. The third kappa shape index (κ3) is 4.51. The minimum absolute atomic E-state index is 0.0287. The number of phenols is 1. The summed E-state index contributed by atoms with van der Waals surface area (Å²) in [5.41, 5.74) is 2.96. The first kappa shape index (κ1) is 32.3. The zero-order chi connectivity index (χ0) is 34.4. The van der Waals surface area contributed by atoms with E-state index < -0.39 is 77.8 Å². The molecule has 3 aromatic carbocycles. The van der Waals surface area contributed by atoms with Gasteiger partial charge >= 0.3 is 11.3 Å². The van der Waals surface area contributed by atoms with Gasteiger partial charge in [0, 0.05) is 23.3 Å². The van der Waals surface area contributed by atoms with Crippen LogP contribution < -0.4 is 21.7 Å². The Hall–Kier alpha value is -4.30. The van der Waals surface area contributed by atoms with Crippen molar-refractivity contribution in [3.05, 3.63) is 56.7 Å². The molecular weight excluding hydrogens is 630 g/mol. The van der Waals surface area contributed by atoms with E-state index in [9.17, 15) is 30.0 Å². The summed E-state index contributed by atoms with van der Waals surface area (Å²) in [5.74, 6) is 1.73. The number of methoxy groups -OCH3 is 1. The minimum atomic E-state index is -2.42. The molecule has 2 aliphatic rings. The van der Waals surface area contributed by atoms with E-state index in [1.54, 1.807) is 26.0 Å². The third-order valence-electron chi connectivity index (χ3n) is 9.47. The second-order valence-electron chi connectivity index (χ2n) is 12.3. The van der Waals surface area contributed by atoms with E-state index >= 15 is 0 Å². The first-order valence-electron chi connectivity index (χ1n) is 15.2. The molecule has 0 radical (unpaired) electrons. The number of aliphatic hydroxyl groups is 3. The van der Waals surface area contributed by atoms with Crippen LogP contribution in [0.3, 0.4) is 0 Å². The van der Waals surface area contributed by atoms with Crippen LogP contribution in [0.1, 0.15) is 19.4 Å². The van der Waals surface area contributed by atoms with E-state index in [1.807, 2.05) is 0 Å². The molecule has 0 saturated carbocycles. The first-order chi connectivity index (χ1) is 22.8. The van der Waals surface area contributed by atoms with Crippen LogP contribution in [0.15, 0.2) is 48.8 Å². The minimum Gasteiger partial charge on any atom is -0.506 e. The summed E-state index contributed by atoms with van der Waals surface area (Å²) in [4.78, 5) is 26.6. The highest BCUT2D eigenvalue weighted by molar-refractivity contribution is 6.28. The molecular formula is C34H33NO13. The van der Waals surface area contributed by atoms with Crippen molar-refractivity contribution in [2.24, 2.45) is 5.73 Å². The van der Waals surface area contributed by atoms with Gasteiger partial charge in [0.25, 0.3) is 0 Å². The van der Waals surface area contributed by atoms with Crippen molar-refractivity contribution in [1.82, 2.24) is 0 Å². The van der Waals surface area contributed by atoms with Gasteiger partial charge in [-0.1, -0.05) is 24.1 Å². The lowest BCUT2D eigenvalue weighted by Gasteiger charge is -2.49. The van der Waals surface area contributed by atoms with E-state index in [0.717, 1.165) is 0 Å². The fourth-order valence-electron chi connectivity index (χ4n) is 6.91. The summed E-state index contributed by atoms with van der Waals surface area (Å²) in [7, 11) is 1.36. The number of terminal acetylenes is 1. The molecule has 14 heteroatoms. The van der Waals surface area contributed by atoms with E-state index in [-0.39, 0.29) is 49.2 Å². The highest BCUT2D eigenvalue weighted by Gasteiger charge is 2.58.